The zero-order valence-corrected chi connectivity index (χ0v) is 14.3. The van der Waals surface area contributed by atoms with Gasteiger partial charge in [-0.1, -0.05) is 0 Å². The fourth-order valence-corrected chi connectivity index (χ4v) is 3.62. The van der Waals surface area contributed by atoms with E-state index in [1.807, 2.05) is 15.8 Å². The van der Waals surface area contributed by atoms with Gasteiger partial charge in [0.1, 0.15) is 0 Å². The predicted molar refractivity (Wildman–Crippen MR) is 92.2 cm³/mol. The van der Waals surface area contributed by atoms with Gasteiger partial charge in [-0.15, -0.1) is 0 Å². The number of aryl methyl sites for hydroxylation is 1. The Labute approximate surface area is 145 Å². The largest absolute Gasteiger partial charge is 0.309 e. The Kier molecular flexibility index (Phi) is 4.12. The minimum atomic E-state index is -0.0939. The van der Waals surface area contributed by atoms with Crippen LogP contribution in [0.3, 0.4) is 0 Å². The molecule has 4 heterocycles. The first kappa shape index (κ1) is 16.0. The molecule has 4 rings (SSSR count). The van der Waals surface area contributed by atoms with Crippen molar-refractivity contribution in [1.82, 2.24) is 24.5 Å². The number of hydrogen-bond donors (Lipinski definition) is 0. The van der Waals surface area contributed by atoms with E-state index in [4.69, 9.17) is 0 Å². The van der Waals surface area contributed by atoms with Gasteiger partial charge in [-0.3, -0.25) is 19.2 Å². The van der Waals surface area contributed by atoms with Crippen molar-refractivity contribution in [2.45, 2.75) is 31.8 Å². The van der Waals surface area contributed by atoms with Crippen LogP contribution in [0.15, 0.2) is 29.3 Å². The van der Waals surface area contributed by atoms with Crippen LogP contribution in [0.4, 0.5) is 5.69 Å². The Hall–Kier alpha value is -2.48. The van der Waals surface area contributed by atoms with Crippen LogP contribution in [0.2, 0.25) is 0 Å². The monoisotopic (exact) mass is 342 g/mol. The number of hydrogen-bond acceptors (Lipinski definition) is 5. The van der Waals surface area contributed by atoms with Gasteiger partial charge in [0.05, 0.1) is 23.6 Å². The lowest BCUT2D eigenvalue weighted by atomic mass is 10.3. The molecule has 2 fully saturated rings. The summed E-state index contributed by atoms with van der Waals surface area (Å²) in [5, 5.41) is 8.77. The summed E-state index contributed by atoms with van der Waals surface area (Å²) in [6.45, 7) is 3.37. The number of nitrogens with zero attached hydrogens (tertiary/aromatic N) is 6. The fraction of sp³-hybridized carbons (Fsp3) is 0.529. The fourth-order valence-electron chi connectivity index (χ4n) is 3.62. The van der Waals surface area contributed by atoms with E-state index >= 15 is 0 Å². The quantitative estimate of drug-likeness (QED) is 0.811. The molecule has 1 amide bonds. The summed E-state index contributed by atoms with van der Waals surface area (Å²) in [5.74, 6) is 0.188. The standard InChI is InChI=1S/C17H22N6O2/c1-20-16(24)5-4-13(19-20)10-21-8-6-14(11-21)23-12-15(9-18-23)22-7-2-3-17(22)25/h4-5,9,12,14H,2-3,6-8,10-11H2,1H3. The molecule has 1 unspecified atom stereocenters. The molecule has 2 aliphatic heterocycles. The van der Waals surface area contributed by atoms with Crippen LogP contribution in [-0.4, -0.2) is 50.0 Å². The van der Waals surface area contributed by atoms with E-state index < -0.39 is 0 Å². The van der Waals surface area contributed by atoms with Crippen molar-refractivity contribution in [3.05, 3.63) is 40.6 Å². The Balaban J connectivity index is 1.40. The Morgan fingerprint density at radius 1 is 1.24 bits per heavy atom. The first-order valence-electron chi connectivity index (χ1n) is 8.70. The second-order valence-electron chi connectivity index (χ2n) is 6.79. The summed E-state index contributed by atoms with van der Waals surface area (Å²) in [6, 6.07) is 3.66. The molecule has 0 bridgehead atoms. The SMILES string of the molecule is Cn1nc(CN2CCC(n3cc(N4CCCC4=O)cn3)C2)ccc1=O. The zero-order chi connectivity index (χ0) is 17.4. The summed E-state index contributed by atoms with van der Waals surface area (Å²) in [5.41, 5.74) is 1.70. The average molecular weight is 342 g/mol. The van der Waals surface area contributed by atoms with Crippen LogP contribution in [-0.2, 0) is 18.4 Å². The minimum Gasteiger partial charge on any atom is -0.309 e. The molecule has 8 heteroatoms. The zero-order valence-electron chi connectivity index (χ0n) is 14.3. The third-order valence-electron chi connectivity index (χ3n) is 5.00. The molecule has 0 aromatic carbocycles. The summed E-state index contributed by atoms with van der Waals surface area (Å²) < 4.78 is 3.35. The highest BCUT2D eigenvalue weighted by Gasteiger charge is 2.27. The number of aromatic nitrogens is 4. The number of carbonyl (C=O) groups is 1. The Morgan fingerprint density at radius 3 is 2.88 bits per heavy atom. The topological polar surface area (TPSA) is 76.3 Å². The van der Waals surface area contributed by atoms with Gasteiger partial charge in [0.2, 0.25) is 5.91 Å². The van der Waals surface area contributed by atoms with Crippen LogP contribution in [0, 0.1) is 0 Å². The first-order valence-corrected chi connectivity index (χ1v) is 8.70. The highest BCUT2D eigenvalue weighted by Crippen LogP contribution is 2.26. The summed E-state index contributed by atoms with van der Waals surface area (Å²) in [7, 11) is 1.67. The van der Waals surface area contributed by atoms with E-state index in [1.54, 1.807) is 25.4 Å². The van der Waals surface area contributed by atoms with Crippen molar-refractivity contribution in [3.63, 3.8) is 0 Å². The molecular weight excluding hydrogens is 320 g/mol. The normalized spacial score (nSPS) is 21.4. The van der Waals surface area contributed by atoms with Crippen LogP contribution in [0.5, 0.6) is 0 Å². The third-order valence-corrected chi connectivity index (χ3v) is 5.00. The number of likely N-dealkylation sites (tertiary alicyclic amines) is 1. The maximum Gasteiger partial charge on any atom is 0.266 e. The van der Waals surface area contributed by atoms with E-state index in [1.165, 1.54) is 4.68 Å². The highest BCUT2D eigenvalue weighted by molar-refractivity contribution is 5.95. The predicted octanol–water partition coefficient (Wildman–Crippen LogP) is 0.551. The van der Waals surface area contributed by atoms with Crippen LogP contribution in [0.1, 0.15) is 31.0 Å². The number of anilines is 1. The first-order chi connectivity index (χ1) is 12.1. The lowest BCUT2D eigenvalue weighted by molar-refractivity contribution is -0.117. The third kappa shape index (κ3) is 3.21. The van der Waals surface area contributed by atoms with E-state index in [0.29, 0.717) is 12.5 Å². The lowest BCUT2D eigenvalue weighted by Crippen LogP contribution is -2.25. The van der Waals surface area contributed by atoms with Crippen molar-refractivity contribution >= 4 is 11.6 Å². The molecule has 132 valence electrons. The van der Waals surface area contributed by atoms with Crippen molar-refractivity contribution in [2.24, 2.45) is 7.05 Å². The Bertz CT molecular complexity index is 842. The molecule has 0 spiro atoms. The van der Waals surface area contributed by atoms with Gasteiger partial charge in [0.15, 0.2) is 0 Å². The van der Waals surface area contributed by atoms with Gasteiger partial charge >= 0.3 is 0 Å². The maximum absolute atomic E-state index is 11.9. The van der Waals surface area contributed by atoms with Crippen molar-refractivity contribution in [1.29, 1.82) is 0 Å². The molecule has 2 aromatic heterocycles. The average Bonchev–Trinajstić information content (AvgIpc) is 3.31. The van der Waals surface area contributed by atoms with Gasteiger partial charge in [-0.05, 0) is 18.9 Å². The molecule has 2 aliphatic rings. The van der Waals surface area contributed by atoms with Crippen LogP contribution < -0.4 is 10.5 Å². The molecule has 25 heavy (non-hydrogen) atoms. The number of amides is 1. The lowest BCUT2D eigenvalue weighted by Gasteiger charge is -2.16. The van der Waals surface area contributed by atoms with E-state index in [-0.39, 0.29) is 11.5 Å². The van der Waals surface area contributed by atoms with Crippen LogP contribution in [0.25, 0.3) is 0 Å². The van der Waals surface area contributed by atoms with Crippen molar-refractivity contribution in [3.8, 4) is 0 Å². The molecule has 8 nitrogen and oxygen atoms in total. The number of rotatable bonds is 4. The highest BCUT2D eigenvalue weighted by atomic mass is 16.2. The van der Waals surface area contributed by atoms with Gasteiger partial charge in [-0.25, -0.2) is 4.68 Å². The van der Waals surface area contributed by atoms with Gasteiger partial charge in [0, 0.05) is 51.9 Å². The molecule has 0 N–H and O–H groups in total. The van der Waals surface area contributed by atoms with E-state index in [2.05, 4.69) is 15.1 Å². The minimum absolute atomic E-state index is 0.0939. The molecule has 1 atom stereocenters. The van der Waals surface area contributed by atoms with Gasteiger partial charge in [-0.2, -0.15) is 10.2 Å². The second kappa shape index (κ2) is 6.44. The summed E-state index contributed by atoms with van der Waals surface area (Å²) in [6.07, 6.45) is 6.35. The molecule has 0 aliphatic carbocycles. The molecule has 0 radical (unpaired) electrons. The van der Waals surface area contributed by atoms with E-state index in [0.717, 1.165) is 50.4 Å². The second-order valence-corrected chi connectivity index (χ2v) is 6.79. The molecule has 0 saturated carbocycles. The van der Waals surface area contributed by atoms with Crippen molar-refractivity contribution in [2.75, 3.05) is 24.5 Å². The smallest absolute Gasteiger partial charge is 0.266 e. The molecule has 2 aromatic rings. The molecule has 2 saturated heterocycles. The number of carbonyl (C=O) groups excluding carboxylic acids is 1. The van der Waals surface area contributed by atoms with E-state index in [9.17, 15) is 9.59 Å². The molecular formula is C17H22N6O2. The summed E-state index contributed by atoms with van der Waals surface area (Å²) in [4.78, 5) is 27.4. The Morgan fingerprint density at radius 2 is 2.12 bits per heavy atom. The maximum atomic E-state index is 11.9. The van der Waals surface area contributed by atoms with Gasteiger partial charge in [0.25, 0.3) is 5.56 Å². The van der Waals surface area contributed by atoms with Crippen molar-refractivity contribution < 1.29 is 4.79 Å². The summed E-state index contributed by atoms with van der Waals surface area (Å²) >= 11 is 0. The van der Waals surface area contributed by atoms with Gasteiger partial charge < -0.3 is 4.90 Å². The van der Waals surface area contributed by atoms with Crippen LogP contribution >= 0.6 is 0 Å².